The number of carbonyl (C=O) groups excluding carboxylic acids is 1. The number of rotatable bonds is 9. The molecule has 11 nitrogen and oxygen atoms in total. The molecule has 0 radical (unpaired) electrons. The lowest BCUT2D eigenvalue weighted by Crippen LogP contribution is -2.46. The van der Waals surface area contributed by atoms with Crippen LogP contribution >= 0.6 is 11.3 Å². The molecule has 0 aliphatic carbocycles. The number of piperazine rings is 1. The number of aromatic amines is 1. The van der Waals surface area contributed by atoms with Gasteiger partial charge in [0.25, 0.3) is 0 Å². The number of unbranched alkanes of at least 4 members (excludes halogenated alkanes) is 1. The molecule has 2 aliphatic heterocycles. The van der Waals surface area contributed by atoms with Crippen molar-refractivity contribution in [2.45, 2.75) is 31.9 Å². The number of amides is 1. The highest BCUT2D eigenvalue weighted by molar-refractivity contribution is 7.18. The Hall–Kier alpha value is -3.16. The van der Waals surface area contributed by atoms with E-state index in [-0.39, 0.29) is 12.0 Å². The van der Waals surface area contributed by atoms with Gasteiger partial charge in [0, 0.05) is 56.0 Å². The van der Waals surface area contributed by atoms with Gasteiger partial charge in [-0.25, -0.2) is 15.4 Å². The van der Waals surface area contributed by atoms with Gasteiger partial charge in [0.1, 0.15) is 6.10 Å². The van der Waals surface area contributed by atoms with Crippen LogP contribution in [0.15, 0.2) is 36.7 Å². The Bertz CT molecular complexity index is 1420. The van der Waals surface area contributed by atoms with E-state index in [2.05, 4.69) is 37.0 Å². The van der Waals surface area contributed by atoms with Crippen LogP contribution in [0.4, 0.5) is 5.95 Å². The van der Waals surface area contributed by atoms with Crippen molar-refractivity contribution in [2.75, 3.05) is 57.3 Å². The molecule has 0 spiro atoms. The number of fused-ring (bicyclic) bond motifs is 2. The van der Waals surface area contributed by atoms with Gasteiger partial charge in [-0.15, -0.1) is 11.3 Å². The van der Waals surface area contributed by atoms with Crippen molar-refractivity contribution in [3.05, 3.63) is 47.1 Å². The number of morpholine rings is 1. The van der Waals surface area contributed by atoms with Crippen LogP contribution in [0, 0.1) is 0 Å². The predicted octanol–water partition coefficient (Wildman–Crippen LogP) is 2.94. The van der Waals surface area contributed by atoms with Gasteiger partial charge in [-0.1, -0.05) is 12.1 Å². The van der Waals surface area contributed by atoms with Crippen LogP contribution in [0.3, 0.4) is 0 Å². The smallest absolute Gasteiger partial charge is 0.243 e. The van der Waals surface area contributed by atoms with Gasteiger partial charge in [-0.2, -0.15) is 5.10 Å². The SMILES string of the molecule is O=C(CCCCN1CCN(Cc2cc3nc(N4CCOC(c5cccc6[nH]ncc56)C4)ncc3s2)CC1)NO. The molecule has 0 bridgehead atoms. The van der Waals surface area contributed by atoms with Crippen LogP contribution < -0.4 is 10.4 Å². The number of H-pyrrole nitrogens is 1. The highest BCUT2D eigenvalue weighted by atomic mass is 32.1. The molecule has 3 N–H and O–H groups in total. The van der Waals surface area contributed by atoms with Gasteiger partial charge in [0.15, 0.2) is 0 Å². The Morgan fingerprint density at radius 2 is 2.03 bits per heavy atom. The molecule has 12 heteroatoms. The monoisotopic (exact) mass is 550 g/mol. The Morgan fingerprint density at radius 1 is 1.15 bits per heavy atom. The molecular formula is C27H34N8O3S. The summed E-state index contributed by atoms with van der Waals surface area (Å²) in [5.41, 5.74) is 4.86. The maximum atomic E-state index is 11.1. The number of carbonyl (C=O) groups is 1. The molecule has 5 heterocycles. The lowest BCUT2D eigenvalue weighted by atomic mass is 10.0. The Morgan fingerprint density at radius 3 is 2.90 bits per heavy atom. The van der Waals surface area contributed by atoms with Crippen molar-refractivity contribution in [1.29, 1.82) is 0 Å². The number of anilines is 1. The summed E-state index contributed by atoms with van der Waals surface area (Å²) in [6.45, 7) is 8.13. The zero-order chi connectivity index (χ0) is 26.6. The van der Waals surface area contributed by atoms with E-state index < -0.39 is 0 Å². The van der Waals surface area contributed by atoms with Crippen LogP contribution in [0.5, 0.6) is 0 Å². The third-order valence-corrected chi connectivity index (χ3v) is 8.66. The summed E-state index contributed by atoms with van der Waals surface area (Å²) in [6.07, 6.45) is 5.90. The van der Waals surface area contributed by atoms with Crippen molar-refractivity contribution in [3.63, 3.8) is 0 Å². The maximum absolute atomic E-state index is 11.1. The van der Waals surface area contributed by atoms with E-state index in [1.54, 1.807) is 16.8 Å². The molecule has 0 saturated carbocycles. The van der Waals surface area contributed by atoms with Crippen LogP contribution in [0.1, 0.15) is 35.8 Å². The van der Waals surface area contributed by atoms with Gasteiger partial charge in [0.2, 0.25) is 11.9 Å². The normalized spacial score (nSPS) is 19.2. The molecule has 1 unspecified atom stereocenters. The number of thiophene rings is 1. The van der Waals surface area contributed by atoms with E-state index >= 15 is 0 Å². The molecule has 3 aromatic heterocycles. The van der Waals surface area contributed by atoms with Crippen LogP contribution in [-0.4, -0.2) is 93.5 Å². The second kappa shape index (κ2) is 11.9. The molecule has 1 aromatic carbocycles. The summed E-state index contributed by atoms with van der Waals surface area (Å²) >= 11 is 1.78. The first-order valence-electron chi connectivity index (χ1n) is 13.6. The van der Waals surface area contributed by atoms with E-state index in [9.17, 15) is 4.79 Å². The van der Waals surface area contributed by atoms with E-state index in [1.807, 2.05) is 24.5 Å². The number of hydrogen-bond donors (Lipinski definition) is 3. The summed E-state index contributed by atoms with van der Waals surface area (Å²) in [5.74, 6) is 0.446. The van der Waals surface area contributed by atoms with Crippen molar-refractivity contribution in [1.82, 2.24) is 35.4 Å². The number of hydroxylamine groups is 1. The minimum Gasteiger partial charge on any atom is -0.370 e. The fraction of sp³-hybridized carbons (Fsp3) is 0.481. The van der Waals surface area contributed by atoms with Gasteiger partial charge < -0.3 is 14.5 Å². The number of hydrogen-bond acceptors (Lipinski definition) is 10. The third-order valence-electron chi connectivity index (χ3n) is 7.62. The van der Waals surface area contributed by atoms with Gasteiger partial charge in [-0.05, 0) is 37.1 Å². The van der Waals surface area contributed by atoms with Gasteiger partial charge in [0.05, 0.1) is 41.3 Å². The van der Waals surface area contributed by atoms with Gasteiger partial charge >= 0.3 is 0 Å². The van der Waals surface area contributed by atoms with Crippen LogP contribution in [-0.2, 0) is 16.1 Å². The average Bonchev–Trinajstić information content (AvgIpc) is 3.62. The Labute approximate surface area is 230 Å². The third kappa shape index (κ3) is 6.04. The number of benzene rings is 1. The standard InChI is InChI=1S/C27H34N8O3S/c36-26(32-37)6-1-2-7-33-8-10-34(11-9-33)17-19-14-23-25(39-19)16-28-27(30-23)35-12-13-38-24(18-35)20-4-3-5-22-21(20)15-29-31-22/h3-5,14-16,24,37H,1-2,6-13,17-18H2,(H,29,31)(H,32,36). The summed E-state index contributed by atoms with van der Waals surface area (Å²) in [4.78, 5) is 29.3. The van der Waals surface area contributed by atoms with Crippen molar-refractivity contribution >= 4 is 44.3 Å². The molecule has 6 rings (SSSR count). The highest BCUT2D eigenvalue weighted by Gasteiger charge is 2.26. The Balaban J connectivity index is 1.04. The lowest BCUT2D eigenvalue weighted by molar-refractivity contribution is -0.129. The largest absolute Gasteiger partial charge is 0.370 e. The second-order valence-corrected chi connectivity index (χ2v) is 11.4. The number of nitrogens with zero attached hydrogens (tertiary/aromatic N) is 6. The van der Waals surface area contributed by atoms with E-state index in [0.717, 1.165) is 91.3 Å². The Kier molecular flexibility index (Phi) is 7.98. The molecule has 39 heavy (non-hydrogen) atoms. The highest BCUT2D eigenvalue weighted by Crippen LogP contribution is 2.31. The van der Waals surface area contributed by atoms with E-state index in [4.69, 9.17) is 19.9 Å². The summed E-state index contributed by atoms with van der Waals surface area (Å²) in [6, 6.07) is 8.39. The minimum atomic E-state index is -0.308. The molecule has 4 aromatic rings. The summed E-state index contributed by atoms with van der Waals surface area (Å²) in [7, 11) is 0. The lowest BCUT2D eigenvalue weighted by Gasteiger charge is -2.34. The van der Waals surface area contributed by atoms with Crippen LogP contribution in [0.2, 0.25) is 0 Å². The molecule has 2 aliphatic rings. The number of ether oxygens (including phenoxy) is 1. The molecule has 2 saturated heterocycles. The predicted molar refractivity (Wildman–Crippen MR) is 150 cm³/mol. The first kappa shape index (κ1) is 26.1. The van der Waals surface area contributed by atoms with Crippen molar-refractivity contribution < 1.29 is 14.7 Å². The van der Waals surface area contributed by atoms with Gasteiger partial charge in [-0.3, -0.25) is 20.0 Å². The summed E-state index contributed by atoms with van der Waals surface area (Å²) < 4.78 is 7.27. The fourth-order valence-corrected chi connectivity index (χ4v) is 6.48. The molecule has 1 amide bonds. The quantitative estimate of drug-likeness (QED) is 0.164. The zero-order valence-electron chi connectivity index (χ0n) is 21.9. The van der Waals surface area contributed by atoms with Crippen molar-refractivity contribution in [2.24, 2.45) is 0 Å². The van der Waals surface area contributed by atoms with Crippen molar-refractivity contribution in [3.8, 4) is 0 Å². The number of nitrogens with one attached hydrogen (secondary N) is 2. The molecule has 206 valence electrons. The van der Waals surface area contributed by atoms with Crippen LogP contribution in [0.25, 0.3) is 21.1 Å². The average molecular weight is 551 g/mol. The zero-order valence-corrected chi connectivity index (χ0v) is 22.7. The van der Waals surface area contributed by atoms with E-state index in [1.165, 1.54) is 4.88 Å². The molecule has 2 fully saturated rings. The second-order valence-electron chi connectivity index (χ2n) is 10.2. The minimum absolute atomic E-state index is 0.0592. The molecule has 1 atom stereocenters. The molecular weight excluding hydrogens is 516 g/mol. The topological polar surface area (TPSA) is 123 Å². The fourth-order valence-electron chi connectivity index (χ4n) is 5.47. The van der Waals surface area contributed by atoms with E-state index in [0.29, 0.717) is 19.6 Å². The number of aromatic nitrogens is 4. The first-order valence-corrected chi connectivity index (χ1v) is 14.4. The maximum Gasteiger partial charge on any atom is 0.243 e. The summed E-state index contributed by atoms with van der Waals surface area (Å²) in [5, 5.41) is 16.9. The first-order chi connectivity index (χ1) is 19.2.